The first-order valence-electron chi connectivity index (χ1n) is 11.2. The zero-order valence-electron chi connectivity index (χ0n) is 19.7. The maximum atomic E-state index is 13.4. The van der Waals surface area contributed by atoms with Crippen molar-refractivity contribution in [3.05, 3.63) is 117 Å². The van der Waals surface area contributed by atoms with Gasteiger partial charge in [0.25, 0.3) is 5.56 Å². The average molecular weight is 481 g/mol. The molecule has 8 heteroatoms. The van der Waals surface area contributed by atoms with Crippen LogP contribution in [-0.2, 0) is 7.05 Å². The van der Waals surface area contributed by atoms with Gasteiger partial charge in [0.1, 0.15) is 0 Å². The summed E-state index contributed by atoms with van der Waals surface area (Å²) in [6, 6.07) is 23.5. The third-order valence-corrected chi connectivity index (χ3v) is 6.63. The molecule has 0 atom stereocenters. The van der Waals surface area contributed by atoms with E-state index in [1.165, 1.54) is 11.3 Å². The summed E-state index contributed by atoms with van der Waals surface area (Å²) in [6.45, 7) is 3.84. The number of hydrogen-bond donors (Lipinski definition) is 0. The molecular formula is C27H24N6OS. The molecule has 0 aliphatic rings. The number of hydrogen-bond acceptors (Lipinski definition) is 5. The molecule has 0 aliphatic heterocycles. The quantitative estimate of drug-likeness (QED) is 0.335. The van der Waals surface area contributed by atoms with Crippen molar-refractivity contribution in [1.29, 1.82) is 0 Å². The molecule has 0 unspecified atom stereocenters. The SMILES string of the molecule is CC(=Nn1c(-c2ccccc2)csc1=Nc1c(C)n(C)n(-c2ccccc2)c1=O)c1cccnc1. The highest BCUT2D eigenvalue weighted by molar-refractivity contribution is 7.07. The van der Waals surface area contributed by atoms with Crippen LogP contribution < -0.4 is 10.4 Å². The molecule has 5 aromatic rings. The Morgan fingerprint density at radius 1 is 0.971 bits per heavy atom. The van der Waals surface area contributed by atoms with E-state index in [0.29, 0.717) is 10.5 Å². The normalized spacial score (nSPS) is 12.3. The van der Waals surface area contributed by atoms with E-state index < -0.39 is 0 Å². The molecule has 7 nitrogen and oxygen atoms in total. The van der Waals surface area contributed by atoms with Gasteiger partial charge < -0.3 is 0 Å². The van der Waals surface area contributed by atoms with Gasteiger partial charge >= 0.3 is 0 Å². The molecule has 174 valence electrons. The van der Waals surface area contributed by atoms with Crippen molar-refractivity contribution in [2.24, 2.45) is 17.1 Å². The van der Waals surface area contributed by atoms with Gasteiger partial charge in [-0.3, -0.25) is 14.5 Å². The van der Waals surface area contributed by atoms with Gasteiger partial charge in [-0.15, -0.1) is 11.3 Å². The smallest absolute Gasteiger partial charge is 0.283 e. The van der Waals surface area contributed by atoms with Crippen molar-refractivity contribution in [1.82, 2.24) is 19.0 Å². The highest BCUT2D eigenvalue weighted by atomic mass is 32.1. The summed E-state index contributed by atoms with van der Waals surface area (Å²) in [4.78, 5) is 23.1. The lowest BCUT2D eigenvalue weighted by molar-refractivity contribution is 0.630. The molecule has 0 N–H and O–H groups in total. The first-order chi connectivity index (χ1) is 17.0. The maximum absolute atomic E-state index is 13.4. The van der Waals surface area contributed by atoms with E-state index >= 15 is 0 Å². The van der Waals surface area contributed by atoms with Gasteiger partial charge in [-0.05, 0) is 32.0 Å². The Kier molecular flexibility index (Phi) is 6.12. The van der Waals surface area contributed by atoms with Crippen LogP contribution in [0.1, 0.15) is 18.2 Å². The number of nitrogens with zero attached hydrogens (tertiary/aromatic N) is 6. The summed E-state index contributed by atoms with van der Waals surface area (Å²) in [7, 11) is 1.87. The standard InChI is InChI=1S/C27H24N6OS/c1-19(22-13-10-16-28-17-22)30-32-24(21-11-6-4-7-12-21)18-35-27(32)29-25-20(2)31(3)33(26(25)34)23-14-8-5-9-15-23/h4-18H,1-3H3. The van der Waals surface area contributed by atoms with Crippen molar-refractivity contribution < 1.29 is 0 Å². The third kappa shape index (κ3) is 4.31. The number of benzene rings is 2. The van der Waals surface area contributed by atoms with Gasteiger partial charge in [0.05, 0.1) is 22.8 Å². The molecule has 0 fully saturated rings. The van der Waals surface area contributed by atoms with E-state index in [9.17, 15) is 4.79 Å². The van der Waals surface area contributed by atoms with Gasteiger partial charge in [-0.1, -0.05) is 54.6 Å². The number of rotatable bonds is 5. The predicted molar refractivity (Wildman–Crippen MR) is 141 cm³/mol. The fraction of sp³-hybridized carbons (Fsp3) is 0.111. The molecule has 3 aromatic heterocycles. The Morgan fingerprint density at radius 3 is 2.37 bits per heavy atom. The van der Waals surface area contributed by atoms with E-state index in [1.807, 2.05) is 104 Å². The van der Waals surface area contributed by atoms with Gasteiger partial charge in [0.15, 0.2) is 5.69 Å². The Bertz CT molecular complexity index is 1620. The predicted octanol–water partition coefficient (Wildman–Crippen LogP) is 4.91. The van der Waals surface area contributed by atoms with Crippen LogP contribution in [0, 0.1) is 6.92 Å². The minimum atomic E-state index is -0.176. The summed E-state index contributed by atoms with van der Waals surface area (Å²) in [5, 5.41) is 6.92. The molecule has 0 spiro atoms. The van der Waals surface area contributed by atoms with E-state index in [0.717, 1.165) is 33.9 Å². The van der Waals surface area contributed by atoms with Crippen LogP contribution in [0.2, 0.25) is 0 Å². The second kappa shape index (κ2) is 9.52. The monoisotopic (exact) mass is 480 g/mol. The zero-order chi connectivity index (χ0) is 24.4. The molecule has 0 amide bonds. The van der Waals surface area contributed by atoms with Crippen molar-refractivity contribution in [3.63, 3.8) is 0 Å². The van der Waals surface area contributed by atoms with Crippen molar-refractivity contribution in [2.75, 3.05) is 0 Å². The van der Waals surface area contributed by atoms with E-state index in [2.05, 4.69) is 4.98 Å². The fourth-order valence-corrected chi connectivity index (χ4v) is 4.68. The topological polar surface area (TPSA) is 69.5 Å². The Morgan fingerprint density at radius 2 is 1.69 bits per heavy atom. The fourth-order valence-electron chi connectivity index (χ4n) is 3.84. The number of para-hydroxylation sites is 1. The van der Waals surface area contributed by atoms with Crippen LogP contribution in [0.5, 0.6) is 0 Å². The minimum Gasteiger partial charge on any atom is -0.283 e. The molecule has 35 heavy (non-hydrogen) atoms. The summed E-state index contributed by atoms with van der Waals surface area (Å²) < 4.78 is 5.27. The highest BCUT2D eigenvalue weighted by Crippen LogP contribution is 2.22. The Labute approximate surface area is 206 Å². The second-order valence-electron chi connectivity index (χ2n) is 8.03. The molecule has 0 radical (unpaired) electrons. The van der Waals surface area contributed by atoms with Gasteiger partial charge in [0.2, 0.25) is 4.80 Å². The lowest BCUT2D eigenvalue weighted by atomic mass is 10.2. The van der Waals surface area contributed by atoms with Crippen LogP contribution in [-0.4, -0.2) is 24.7 Å². The Hall–Kier alpha value is -4.30. The minimum absolute atomic E-state index is 0.176. The number of aromatic nitrogens is 4. The molecule has 0 aliphatic carbocycles. The molecule has 0 saturated heterocycles. The van der Waals surface area contributed by atoms with Gasteiger partial charge in [-0.25, -0.2) is 14.4 Å². The van der Waals surface area contributed by atoms with Gasteiger partial charge in [-0.2, -0.15) is 5.10 Å². The maximum Gasteiger partial charge on any atom is 0.297 e. The molecule has 0 bridgehead atoms. The third-order valence-electron chi connectivity index (χ3n) is 5.82. The van der Waals surface area contributed by atoms with Gasteiger partial charge in [0, 0.05) is 35.9 Å². The summed E-state index contributed by atoms with van der Waals surface area (Å²) in [5.41, 5.74) is 5.40. The largest absolute Gasteiger partial charge is 0.297 e. The summed E-state index contributed by atoms with van der Waals surface area (Å²) in [5.74, 6) is 0. The molecule has 3 heterocycles. The highest BCUT2D eigenvalue weighted by Gasteiger charge is 2.17. The number of pyridine rings is 1. The van der Waals surface area contributed by atoms with E-state index in [-0.39, 0.29) is 5.56 Å². The van der Waals surface area contributed by atoms with E-state index in [4.69, 9.17) is 10.1 Å². The van der Waals surface area contributed by atoms with Crippen molar-refractivity contribution in [3.8, 4) is 16.9 Å². The van der Waals surface area contributed by atoms with E-state index in [1.54, 1.807) is 21.8 Å². The molecule has 0 saturated carbocycles. The summed E-state index contributed by atoms with van der Waals surface area (Å²) in [6.07, 6.45) is 3.52. The summed E-state index contributed by atoms with van der Waals surface area (Å²) >= 11 is 1.45. The van der Waals surface area contributed by atoms with Crippen LogP contribution in [0.25, 0.3) is 16.9 Å². The second-order valence-corrected chi connectivity index (χ2v) is 8.87. The number of thiazole rings is 1. The van der Waals surface area contributed by atoms with Crippen LogP contribution in [0.15, 0.2) is 105 Å². The average Bonchev–Trinajstić information content (AvgIpc) is 3.39. The molecular weight excluding hydrogens is 456 g/mol. The zero-order valence-corrected chi connectivity index (χ0v) is 20.5. The van der Waals surface area contributed by atoms with Crippen molar-refractivity contribution >= 4 is 22.7 Å². The first-order valence-corrected chi connectivity index (χ1v) is 12.0. The van der Waals surface area contributed by atoms with Crippen molar-refractivity contribution in [2.45, 2.75) is 13.8 Å². The Balaban J connectivity index is 1.73. The van der Waals surface area contributed by atoms with Crippen LogP contribution in [0.3, 0.4) is 0 Å². The van der Waals surface area contributed by atoms with Crippen LogP contribution >= 0.6 is 11.3 Å². The molecule has 5 rings (SSSR count). The lowest BCUT2D eigenvalue weighted by Gasteiger charge is -2.07. The molecule has 2 aromatic carbocycles. The lowest BCUT2D eigenvalue weighted by Crippen LogP contribution is -2.20. The van der Waals surface area contributed by atoms with Crippen LogP contribution in [0.4, 0.5) is 5.69 Å². The first kappa shape index (κ1) is 22.5.